The second-order valence-electron chi connectivity index (χ2n) is 4.94. The van der Waals surface area contributed by atoms with E-state index in [0.717, 1.165) is 30.5 Å². The van der Waals surface area contributed by atoms with E-state index in [1.807, 2.05) is 19.2 Å². The zero-order chi connectivity index (χ0) is 13.1. The summed E-state index contributed by atoms with van der Waals surface area (Å²) >= 11 is 3.37. The van der Waals surface area contributed by atoms with Crippen LogP contribution >= 0.6 is 15.9 Å². The fourth-order valence-corrected chi connectivity index (χ4v) is 2.79. The molecule has 5 heteroatoms. The Morgan fingerprint density at radius 2 is 2.44 bits per heavy atom. The Morgan fingerprint density at radius 1 is 1.67 bits per heavy atom. The number of rotatable bonds is 3. The Hall–Kier alpha value is -0.940. The van der Waals surface area contributed by atoms with Gasteiger partial charge in [0.25, 0.3) is 5.91 Å². The molecule has 1 aliphatic heterocycles. The first-order valence-corrected chi connectivity index (χ1v) is 6.91. The number of carbonyl (C=O) groups excluding carboxylic acids is 1. The van der Waals surface area contributed by atoms with Crippen molar-refractivity contribution in [3.8, 4) is 0 Å². The number of hydrogen-bond acceptors (Lipinski definition) is 3. The normalized spacial score (nSPS) is 20.1. The quantitative estimate of drug-likeness (QED) is 0.855. The molecule has 0 saturated carbocycles. The number of aromatic nitrogens is 1. The summed E-state index contributed by atoms with van der Waals surface area (Å²) in [7, 11) is 3.97. The van der Waals surface area contributed by atoms with Crippen molar-refractivity contribution in [1.29, 1.82) is 0 Å². The molecule has 1 aliphatic rings. The van der Waals surface area contributed by atoms with Crippen LogP contribution in [0, 0.1) is 5.92 Å². The molecular formula is C13H18BrN3O. The predicted octanol–water partition coefficient (Wildman–Crippen LogP) is 1.87. The van der Waals surface area contributed by atoms with Crippen LogP contribution in [0.1, 0.15) is 16.9 Å². The van der Waals surface area contributed by atoms with Crippen LogP contribution in [0.4, 0.5) is 0 Å². The summed E-state index contributed by atoms with van der Waals surface area (Å²) < 4.78 is 0.755. The Morgan fingerprint density at radius 3 is 3.06 bits per heavy atom. The molecule has 18 heavy (non-hydrogen) atoms. The van der Waals surface area contributed by atoms with Crippen molar-refractivity contribution in [3.05, 3.63) is 28.5 Å². The van der Waals surface area contributed by atoms with Crippen LogP contribution in [0.3, 0.4) is 0 Å². The lowest BCUT2D eigenvalue weighted by atomic mass is 10.1. The first-order valence-electron chi connectivity index (χ1n) is 6.12. The van der Waals surface area contributed by atoms with Crippen molar-refractivity contribution in [1.82, 2.24) is 14.8 Å². The van der Waals surface area contributed by atoms with Crippen LogP contribution in [-0.2, 0) is 0 Å². The molecule has 2 heterocycles. The number of nitrogens with zero attached hydrogens (tertiary/aromatic N) is 3. The molecule has 1 aromatic heterocycles. The molecule has 0 bridgehead atoms. The van der Waals surface area contributed by atoms with E-state index in [-0.39, 0.29) is 5.91 Å². The van der Waals surface area contributed by atoms with Gasteiger partial charge in [-0.2, -0.15) is 0 Å². The van der Waals surface area contributed by atoms with Gasteiger partial charge in [0, 0.05) is 30.8 Å². The third-order valence-electron chi connectivity index (χ3n) is 3.33. The molecule has 0 aromatic carbocycles. The molecule has 2 rings (SSSR count). The van der Waals surface area contributed by atoms with Gasteiger partial charge >= 0.3 is 0 Å². The van der Waals surface area contributed by atoms with Crippen LogP contribution < -0.4 is 0 Å². The molecule has 0 radical (unpaired) electrons. The maximum atomic E-state index is 12.3. The first kappa shape index (κ1) is 13.5. The number of likely N-dealkylation sites (tertiary alicyclic amines) is 1. The highest BCUT2D eigenvalue weighted by atomic mass is 79.9. The minimum absolute atomic E-state index is 0.0166. The van der Waals surface area contributed by atoms with E-state index in [2.05, 4.69) is 32.9 Å². The highest BCUT2D eigenvalue weighted by Crippen LogP contribution is 2.18. The van der Waals surface area contributed by atoms with Gasteiger partial charge in [-0.25, -0.2) is 4.98 Å². The predicted molar refractivity (Wildman–Crippen MR) is 74.5 cm³/mol. The van der Waals surface area contributed by atoms with Gasteiger partial charge in [0.2, 0.25) is 0 Å². The van der Waals surface area contributed by atoms with Gasteiger partial charge < -0.3 is 9.80 Å². The number of carbonyl (C=O) groups is 1. The topological polar surface area (TPSA) is 36.4 Å². The van der Waals surface area contributed by atoms with Gasteiger partial charge in [0.1, 0.15) is 5.69 Å². The molecule has 1 fully saturated rings. The lowest BCUT2D eigenvalue weighted by Gasteiger charge is -2.21. The minimum atomic E-state index is -0.0166. The lowest BCUT2D eigenvalue weighted by Crippen LogP contribution is -2.33. The van der Waals surface area contributed by atoms with Gasteiger partial charge in [-0.05, 0) is 54.0 Å². The number of pyridine rings is 1. The van der Waals surface area contributed by atoms with E-state index < -0.39 is 0 Å². The Labute approximate surface area is 116 Å². The third kappa shape index (κ3) is 3.09. The van der Waals surface area contributed by atoms with Crippen molar-refractivity contribution in [3.63, 3.8) is 0 Å². The maximum absolute atomic E-state index is 12.3. The average molecular weight is 312 g/mol. The zero-order valence-electron chi connectivity index (χ0n) is 10.8. The summed E-state index contributed by atoms with van der Waals surface area (Å²) in [6, 6.07) is 3.66. The first-order chi connectivity index (χ1) is 8.58. The molecule has 98 valence electrons. The van der Waals surface area contributed by atoms with Crippen LogP contribution in [-0.4, -0.2) is 54.4 Å². The Kier molecular flexibility index (Phi) is 4.35. The maximum Gasteiger partial charge on any atom is 0.273 e. The molecule has 1 atom stereocenters. The molecule has 1 aromatic rings. The van der Waals surface area contributed by atoms with Crippen LogP contribution in [0.15, 0.2) is 22.8 Å². The van der Waals surface area contributed by atoms with Crippen molar-refractivity contribution < 1.29 is 4.79 Å². The SMILES string of the molecule is CN1CCC(CN(C)C(=O)c2ncccc2Br)C1. The summed E-state index contributed by atoms with van der Waals surface area (Å²) in [5.41, 5.74) is 0.492. The largest absolute Gasteiger partial charge is 0.340 e. The Balaban J connectivity index is 1.99. The van der Waals surface area contributed by atoms with E-state index >= 15 is 0 Å². The zero-order valence-corrected chi connectivity index (χ0v) is 12.4. The third-order valence-corrected chi connectivity index (χ3v) is 3.97. The standard InChI is InChI=1S/C13H18BrN3O/c1-16-7-5-10(8-16)9-17(2)13(18)12-11(14)4-3-6-15-12/h3-4,6,10H,5,7-9H2,1-2H3. The number of hydrogen-bond donors (Lipinski definition) is 0. The summed E-state index contributed by atoms with van der Waals surface area (Å²) in [5, 5.41) is 0. The minimum Gasteiger partial charge on any atom is -0.340 e. The summed E-state index contributed by atoms with van der Waals surface area (Å²) in [4.78, 5) is 20.5. The van der Waals surface area contributed by atoms with Gasteiger partial charge in [0.15, 0.2) is 0 Å². The van der Waals surface area contributed by atoms with Crippen molar-refractivity contribution in [2.24, 2.45) is 5.92 Å². The van der Waals surface area contributed by atoms with E-state index in [1.54, 1.807) is 11.1 Å². The van der Waals surface area contributed by atoms with E-state index in [1.165, 1.54) is 0 Å². The molecule has 1 saturated heterocycles. The summed E-state index contributed by atoms with van der Waals surface area (Å²) in [5.74, 6) is 0.559. The van der Waals surface area contributed by atoms with Gasteiger partial charge in [0.05, 0.1) is 0 Å². The molecule has 0 N–H and O–H groups in total. The highest BCUT2D eigenvalue weighted by Gasteiger charge is 2.24. The number of amides is 1. The van der Waals surface area contributed by atoms with E-state index in [9.17, 15) is 4.79 Å². The van der Waals surface area contributed by atoms with Crippen molar-refractivity contribution in [2.75, 3.05) is 33.7 Å². The fraction of sp³-hybridized carbons (Fsp3) is 0.538. The summed E-state index contributed by atoms with van der Waals surface area (Å²) in [6.45, 7) is 2.99. The molecule has 4 nitrogen and oxygen atoms in total. The van der Waals surface area contributed by atoms with E-state index in [4.69, 9.17) is 0 Å². The lowest BCUT2D eigenvalue weighted by molar-refractivity contribution is 0.0767. The van der Waals surface area contributed by atoms with Gasteiger partial charge in [-0.3, -0.25) is 4.79 Å². The van der Waals surface area contributed by atoms with Crippen LogP contribution in [0.2, 0.25) is 0 Å². The van der Waals surface area contributed by atoms with Gasteiger partial charge in [-0.1, -0.05) is 0 Å². The smallest absolute Gasteiger partial charge is 0.273 e. The second kappa shape index (κ2) is 5.80. The Bertz CT molecular complexity index is 438. The molecule has 1 unspecified atom stereocenters. The number of halogens is 1. The average Bonchev–Trinajstić information content (AvgIpc) is 2.74. The second-order valence-corrected chi connectivity index (χ2v) is 5.79. The summed E-state index contributed by atoms with van der Waals surface area (Å²) in [6.07, 6.45) is 2.81. The van der Waals surface area contributed by atoms with E-state index in [0.29, 0.717) is 11.6 Å². The fourth-order valence-electron chi connectivity index (χ4n) is 2.37. The molecule has 1 amide bonds. The monoisotopic (exact) mass is 311 g/mol. The molecule has 0 spiro atoms. The van der Waals surface area contributed by atoms with Crippen molar-refractivity contribution >= 4 is 21.8 Å². The highest BCUT2D eigenvalue weighted by molar-refractivity contribution is 9.10. The molecule has 0 aliphatic carbocycles. The van der Waals surface area contributed by atoms with Crippen LogP contribution in [0.5, 0.6) is 0 Å². The van der Waals surface area contributed by atoms with Crippen molar-refractivity contribution in [2.45, 2.75) is 6.42 Å². The molecular weight excluding hydrogens is 294 g/mol. The van der Waals surface area contributed by atoms with Gasteiger partial charge in [-0.15, -0.1) is 0 Å². The van der Waals surface area contributed by atoms with Crippen LogP contribution in [0.25, 0.3) is 0 Å².